The standard InChI is InChI=1S/C16H22N2O4/c1-2-21-10-12-7-8-18(9-12)16(20)13-3-5-14(6-4-13)22-11-15(17)19/h3-6,12H,2,7-11H2,1H3,(H2,17,19). The first-order valence-corrected chi connectivity index (χ1v) is 7.48. The molecule has 1 unspecified atom stereocenters. The van der Waals surface area contributed by atoms with E-state index in [0.717, 1.165) is 19.5 Å². The van der Waals surface area contributed by atoms with Crippen LogP contribution >= 0.6 is 0 Å². The Hall–Kier alpha value is -2.08. The molecule has 120 valence electrons. The Morgan fingerprint density at radius 1 is 1.32 bits per heavy atom. The number of ether oxygens (including phenoxy) is 2. The highest BCUT2D eigenvalue weighted by molar-refractivity contribution is 5.94. The van der Waals surface area contributed by atoms with Crippen LogP contribution in [0, 0.1) is 5.92 Å². The van der Waals surface area contributed by atoms with Gasteiger partial charge in [0, 0.05) is 31.2 Å². The molecular weight excluding hydrogens is 284 g/mol. The summed E-state index contributed by atoms with van der Waals surface area (Å²) < 4.78 is 10.6. The van der Waals surface area contributed by atoms with Gasteiger partial charge in [0.2, 0.25) is 0 Å². The van der Waals surface area contributed by atoms with E-state index in [2.05, 4.69) is 0 Å². The first-order chi connectivity index (χ1) is 10.6. The number of likely N-dealkylation sites (tertiary alicyclic amines) is 1. The van der Waals surface area contributed by atoms with Gasteiger partial charge in [-0.25, -0.2) is 0 Å². The lowest BCUT2D eigenvalue weighted by molar-refractivity contribution is -0.119. The lowest BCUT2D eigenvalue weighted by atomic mass is 10.1. The van der Waals surface area contributed by atoms with Crippen molar-refractivity contribution in [1.82, 2.24) is 4.90 Å². The van der Waals surface area contributed by atoms with Crippen LogP contribution in [0.4, 0.5) is 0 Å². The third-order valence-corrected chi connectivity index (χ3v) is 3.61. The van der Waals surface area contributed by atoms with Crippen LogP contribution < -0.4 is 10.5 Å². The summed E-state index contributed by atoms with van der Waals surface area (Å²) in [5.74, 6) is 0.422. The number of nitrogens with two attached hydrogens (primary N) is 1. The van der Waals surface area contributed by atoms with Crippen LogP contribution in [0.5, 0.6) is 5.75 Å². The second kappa shape index (κ2) is 7.79. The molecule has 2 amide bonds. The van der Waals surface area contributed by atoms with E-state index in [0.29, 0.717) is 30.4 Å². The zero-order chi connectivity index (χ0) is 15.9. The minimum absolute atomic E-state index is 0.0143. The number of carbonyl (C=O) groups excluding carboxylic acids is 2. The van der Waals surface area contributed by atoms with Gasteiger partial charge in [-0.1, -0.05) is 0 Å². The third-order valence-electron chi connectivity index (χ3n) is 3.61. The van der Waals surface area contributed by atoms with Crippen LogP contribution in [0.25, 0.3) is 0 Å². The summed E-state index contributed by atoms with van der Waals surface area (Å²) in [5, 5.41) is 0. The second-order valence-electron chi connectivity index (χ2n) is 5.34. The molecule has 1 fully saturated rings. The molecule has 0 saturated carbocycles. The lowest BCUT2D eigenvalue weighted by Crippen LogP contribution is -2.29. The fourth-order valence-corrected chi connectivity index (χ4v) is 2.47. The number of nitrogens with zero attached hydrogens (tertiary/aromatic N) is 1. The SMILES string of the molecule is CCOCC1CCN(C(=O)c2ccc(OCC(N)=O)cc2)C1. The Bertz CT molecular complexity index is 515. The maximum absolute atomic E-state index is 12.4. The van der Waals surface area contributed by atoms with E-state index in [4.69, 9.17) is 15.2 Å². The van der Waals surface area contributed by atoms with Gasteiger partial charge in [-0.15, -0.1) is 0 Å². The first kappa shape index (κ1) is 16.3. The molecule has 1 heterocycles. The van der Waals surface area contributed by atoms with E-state index >= 15 is 0 Å². The Morgan fingerprint density at radius 2 is 2.05 bits per heavy atom. The summed E-state index contributed by atoms with van der Waals surface area (Å²) in [6.07, 6.45) is 0.978. The fourth-order valence-electron chi connectivity index (χ4n) is 2.47. The highest BCUT2D eigenvalue weighted by Crippen LogP contribution is 2.20. The number of primary amides is 1. The van der Waals surface area contributed by atoms with E-state index in [1.165, 1.54) is 0 Å². The quantitative estimate of drug-likeness (QED) is 0.816. The van der Waals surface area contributed by atoms with Crippen molar-refractivity contribution in [2.45, 2.75) is 13.3 Å². The molecule has 0 aliphatic carbocycles. The van der Waals surface area contributed by atoms with Gasteiger partial charge in [-0.2, -0.15) is 0 Å². The Balaban J connectivity index is 1.89. The topological polar surface area (TPSA) is 81.9 Å². The molecule has 1 aromatic rings. The van der Waals surface area contributed by atoms with E-state index in [1.54, 1.807) is 24.3 Å². The predicted octanol–water partition coefficient (Wildman–Crippen LogP) is 1.05. The van der Waals surface area contributed by atoms with Crippen LogP contribution in [0.1, 0.15) is 23.7 Å². The van der Waals surface area contributed by atoms with Crippen LogP contribution in [0.2, 0.25) is 0 Å². The molecular formula is C16H22N2O4. The van der Waals surface area contributed by atoms with Crippen LogP contribution in [-0.4, -0.2) is 49.6 Å². The van der Waals surface area contributed by atoms with Crippen molar-refractivity contribution in [2.75, 3.05) is 32.9 Å². The maximum Gasteiger partial charge on any atom is 0.255 e. The average molecular weight is 306 g/mol. The molecule has 1 aliphatic rings. The zero-order valence-corrected chi connectivity index (χ0v) is 12.8. The minimum Gasteiger partial charge on any atom is -0.484 e. The van der Waals surface area contributed by atoms with Crippen molar-refractivity contribution < 1.29 is 19.1 Å². The van der Waals surface area contributed by atoms with E-state index in [1.807, 2.05) is 11.8 Å². The summed E-state index contributed by atoms with van der Waals surface area (Å²) in [7, 11) is 0. The van der Waals surface area contributed by atoms with Crippen LogP contribution in [0.3, 0.4) is 0 Å². The van der Waals surface area contributed by atoms with Crippen LogP contribution in [0.15, 0.2) is 24.3 Å². The number of amides is 2. The average Bonchev–Trinajstić information content (AvgIpc) is 2.99. The lowest BCUT2D eigenvalue weighted by Gasteiger charge is -2.17. The molecule has 6 nitrogen and oxygen atoms in total. The molecule has 22 heavy (non-hydrogen) atoms. The summed E-state index contributed by atoms with van der Waals surface area (Å²) >= 11 is 0. The van der Waals surface area contributed by atoms with E-state index < -0.39 is 5.91 Å². The normalized spacial score (nSPS) is 17.5. The Kier molecular flexibility index (Phi) is 5.77. The molecule has 0 bridgehead atoms. The molecule has 0 radical (unpaired) electrons. The number of hydrogen-bond acceptors (Lipinski definition) is 4. The van der Waals surface area contributed by atoms with Gasteiger partial charge in [0.1, 0.15) is 5.75 Å². The summed E-state index contributed by atoms with van der Waals surface area (Å²) in [6.45, 7) is 4.71. The van der Waals surface area contributed by atoms with Gasteiger partial charge in [0.15, 0.2) is 6.61 Å². The van der Waals surface area contributed by atoms with Crippen LogP contribution in [-0.2, 0) is 9.53 Å². The number of hydrogen-bond donors (Lipinski definition) is 1. The molecule has 0 spiro atoms. The van der Waals surface area contributed by atoms with Crippen molar-refractivity contribution in [2.24, 2.45) is 11.7 Å². The Morgan fingerprint density at radius 3 is 2.68 bits per heavy atom. The van der Waals surface area contributed by atoms with Crippen molar-refractivity contribution in [3.63, 3.8) is 0 Å². The summed E-state index contributed by atoms with van der Waals surface area (Å²) in [5.41, 5.74) is 5.63. The van der Waals surface area contributed by atoms with Gasteiger partial charge in [-0.3, -0.25) is 9.59 Å². The molecule has 2 N–H and O–H groups in total. The van der Waals surface area contributed by atoms with Crippen molar-refractivity contribution in [3.8, 4) is 5.75 Å². The number of carbonyl (C=O) groups is 2. The molecule has 6 heteroatoms. The molecule has 2 rings (SSSR count). The first-order valence-electron chi connectivity index (χ1n) is 7.48. The van der Waals surface area contributed by atoms with Crippen molar-refractivity contribution in [1.29, 1.82) is 0 Å². The summed E-state index contributed by atoms with van der Waals surface area (Å²) in [6, 6.07) is 6.75. The monoisotopic (exact) mass is 306 g/mol. The van der Waals surface area contributed by atoms with E-state index in [-0.39, 0.29) is 12.5 Å². The molecule has 1 atom stereocenters. The third kappa shape index (κ3) is 4.46. The molecule has 1 saturated heterocycles. The van der Waals surface area contributed by atoms with Crippen molar-refractivity contribution in [3.05, 3.63) is 29.8 Å². The van der Waals surface area contributed by atoms with Gasteiger partial charge in [-0.05, 0) is 37.6 Å². The van der Waals surface area contributed by atoms with Gasteiger partial charge < -0.3 is 20.1 Å². The van der Waals surface area contributed by atoms with Gasteiger partial charge >= 0.3 is 0 Å². The minimum atomic E-state index is -0.530. The predicted molar refractivity (Wildman–Crippen MR) is 81.6 cm³/mol. The zero-order valence-electron chi connectivity index (χ0n) is 12.8. The smallest absolute Gasteiger partial charge is 0.255 e. The summed E-state index contributed by atoms with van der Waals surface area (Å²) in [4.78, 5) is 24.9. The molecule has 1 aliphatic heterocycles. The van der Waals surface area contributed by atoms with Crippen molar-refractivity contribution >= 4 is 11.8 Å². The molecule has 1 aromatic carbocycles. The van der Waals surface area contributed by atoms with E-state index in [9.17, 15) is 9.59 Å². The maximum atomic E-state index is 12.4. The van der Waals surface area contributed by atoms with Gasteiger partial charge in [0.05, 0.1) is 6.61 Å². The molecule has 0 aromatic heterocycles. The largest absolute Gasteiger partial charge is 0.484 e. The van der Waals surface area contributed by atoms with Gasteiger partial charge in [0.25, 0.3) is 11.8 Å². The fraction of sp³-hybridized carbons (Fsp3) is 0.500. The highest BCUT2D eigenvalue weighted by Gasteiger charge is 2.26. The highest BCUT2D eigenvalue weighted by atomic mass is 16.5. The number of rotatable bonds is 7. The Labute approximate surface area is 130 Å². The second-order valence-corrected chi connectivity index (χ2v) is 5.34. The number of benzene rings is 1.